The average Bonchev–Trinajstić information content (AvgIpc) is 3.39. The monoisotopic (exact) mass is 543 g/mol. The number of nitrogens with zero attached hydrogens (tertiary/aromatic N) is 4. The van der Waals surface area contributed by atoms with E-state index in [-0.39, 0.29) is 11.7 Å². The van der Waals surface area contributed by atoms with Crippen LogP contribution in [0, 0.1) is 20.2 Å². The van der Waals surface area contributed by atoms with Crippen LogP contribution < -0.4 is 9.73 Å². The summed E-state index contributed by atoms with van der Waals surface area (Å²) in [7, 11) is -4.41. The molecule has 39 heavy (non-hydrogen) atoms. The fourth-order valence-corrected chi connectivity index (χ4v) is 5.58. The van der Waals surface area contributed by atoms with Crippen molar-refractivity contribution in [2.24, 2.45) is 5.10 Å². The second kappa shape index (κ2) is 10.3. The summed E-state index contributed by atoms with van der Waals surface area (Å²) in [5, 5.41) is 29.2. The Morgan fingerprint density at radius 1 is 0.821 bits per heavy atom. The first kappa shape index (κ1) is 25.5. The number of hydrazone groups is 1. The van der Waals surface area contributed by atoms with E-state index in [1.165, 1.54) is 12.1 Å². The van der Waals surface area contributed by atoms with Gasteiger partial charge >= 0.3 is 0 Å². The zero-order valence-electron chi connectivity index (χ0n) is 20.2. The van der Waals surface area contributed by atoms with Crippen molar-refractivity contribution in [1.29, 1.82) is 0 Å². The van der Waals surface area contributed by atoms with Crippen molar-refractivity contribution < 1.29 is 18.3 Å². The number of nitro benzene ring substituents is 2. The Bertz CT molecular complexity index is 1680. The maximum absolute atomic E-state index is 12.9. The molecule has 1 N–H and O–H groups in total. The van der Waals surface area contributed by atoms with E-state index < -0.39 is 36.1 Å². The Labute approximate surface area is 223 Å². The second-order valence-corrected chi connectivity index (χ2v) is 10.4. The molecule has 1 heterocycles. The van der Waals surface area contributed by atoms with Gasteiger partial charge in [0.15, 0.2) is 4.90 Å². The zero-order valence-corrected chi connectivity index (χ0v) is 21.1. The molecule has 4 aromatic carbocycles. The third-order valence-electron chi connectivity index (χ3n) is 6.23. The van der Waals surface area contributed by atoms with Crippen molar-refractivity contribution in [3.05, 3.63) is 134 Å². The van der Waals surface area contributed by atoms with Crippen LogP contribution in [0.1, 0.15) is 23.6 Å². The Balaban J connectivity index is 1.41. The second-order valence-electron chi connectivity index (χ2n) is 8.71. The average molecular weight is 544 g/mol. The Morgan fingerprint density at radius 2 is 1.46 bits per heavy atom. The molecule has 0 saturated heterocycles. The Morgan fingerprint density at radius 3 is 2.08 bits per heavy atom. The smallest absolute Gasteiger partial charge is 0.279 e. The molecule has 0 amide bonds. The number of nitrogens with one attached hydrogen (secondary N) is 1. The van der Waals surface area contributed by atoms with E-state index in [1.54, 1.807) is 12.1 Å². The molecular weight excluding hydrogens is 522 g/mol. The largest absolute Gasteiger partial charge is 0.296 e. The van der Waals surface area contributed by atoms with Crippen LogP contribution in [0.15, 0.2) is 113 Å². The quantitative estimate of drug-likeness (QED) is 0.223. The van der Waals surface area contributed by atoms with E-state index in [2.05, 4.69) is 4.72 Å². The minimum absolute atomic E-state index is 0.0236. The number of nitro groups is 2. The molecule has 0 fully saturated rings. The molecule has 12 heteroatoms. The van der Waals surface area contributed by atoms with Crippen molar-refractivity contribution in [3.8, 4) is 0 Å². The SMILES string of the molecule is O=[N+]([O-])c1ccc(S(=O)(=O)Nc2ccc(C3=NN(c4ccccc4)C(c4ccccc4)C3)cc2)c([N+](=O)[O-])c1. The van der Waals surface area contributed by atoms with Gasteiger partial charge in [-0.05, 0) is 41.5 Å². The minimum atomic E-state index is -4.41. The third kappa shape index (κ3) is 5.31. The summed E-state index contributed by atoms with van der Waals surface area (Å²) in [5.74, 6) is 0. The van der Waals surface area contributed by atoms with Crippen LogP contribution in [0.2, 0.25) is 0 Å². The first-order valence-corrected chi connectivity index (χ1v) is 13.2. The minimum Gasteiger partial charge on any atom is -0.279 e. The molecule has 0 aliphatic carbocycles. The molecule has 0 saturated carbocycles. The molecule has 11 nitrogen and oxygen atoms in total. The van der Waals surface area contributed by atoms with Gasteiger partial charge in [0.25, 0.3) is 21.4 Å². The lowest BCUT2D eigenvalue weighted by Crippen LogP contribution is -2.18. The van der Waals surface area contributed by atoms with Gasteiger partial charge in [0.2, 0.25) is 0 Å². The fourth-order valence-electron chi connectivity index (χ4n) is 4.37. The Hall–Kier alpha value is -5.10. The molecule has 1 aliphatic heterocycles. The van der Waals surface area contributed by atoms with Crippen LogP contribution in [0.25, 0.3) is 0 Å². The number of hydrogen-bond donors (Lipinski definition) is 1. The first-order valence-electron chi connectivity index (χ1n) is 11.8. The fraction of sp³-hybridized carbons (Fsp3) is 0.0741. The highest BCUT2D eigenvalue weighted by atomic mass is 32.2. The molecule has 5 rings (SSSR count). The van der Waals surface area contributed by atoms with Gasteiger partial charge in [0.05, 0.1) is 33.4 Å². The highest BCUT2D eigenvalue weighted by Gasteiger charge is 2.31. The molecule has 0 spiro atoms. The van der Waals surface area contributed by atoms with Crippen LogP contribution in [0.3, 0.4) is 0 Å². The van der Waals surface area contributed by atoms with Crippen LogP contribution >= 0.6 is 0 Å². The summed E-state index contributed by atoms with van der Waals surface area (Å²) in [6.45, 7) is 0. The van der Waals surface area contributed by atoms with Crippen LogP contribution in [-0.2, 0) is 10.0 Å². The molecule has 0 radical (unpaired) electrons. The molecule has 196 valence electrons. The molecule has 1 atom stereocenters. The maximum atomic E-state index is 12.9. The summed E-state index contributed by atoms with van der Waals surface area (Å²) < 4.78 is 28.2. The maximum Gasteiger partial charge on any atom is 0.296 e. The van der Waals surface area contributed by atoms with Gasteiger partial charge in [-0.1, -0.05) is 60.7 Å². The number of hydrogen-bond acceptors (Lipinski definition) is 8. The summed E-state index contributed by atoms with van der Waals surface area (Å²) in [5.41, 5.74) is 2.35. The highest BCUT2D eigenvalue weighted by Crippen LogP contribution is 2.37. The van der Waals surface area contributed by atoms with Crippen molar-refractivity contribution in [3.63, 3.8) is 0 Å². The number of para-hydroxylation sites is 1. The van der Waals surface area contributed by atoms with E-state index in [9.17, 15) is 28.6 Å². The first-order chi connectivity index (χ1) is 18.7. The molecule has 1 aliphatic rings. The molecule has 4 aromatic rings. The van der Waals surface area contributed by atoms with Gasteiger partial charge in [-0.2, -0.15) is 5.10 Å². The van der Waals surface area contributed by atoms with Crippen molar-refractivity contribution in [1.82, 2.24) is 0 Å². The van der Waals surface area contributed by atoms with E-state index in [1.807, 2.05) is 65.7 Å². The van der Waals surface area contributed by atoms with Gasteiger partial charge in [-0.15, -0.1) is 0 Å². The normalized spacial score (nSPS) is 15.0. The molecule has 1 unspecified atom stereocenters. The zero-order chi connectivity index (χ0) is 27.6. The van der Waals surface area contributed by atoms with Gasteiger partial charge < -0.3 is 0 Å². The predicted octanol–water partition coefficient (Wildman–Crippen LogP) is 5.66. The van der Waals surface area contributed by atoms with E-state index in [0.717, 1.165) is 34.7 Å². The van der Waals surface area contributed by atoms with Gasteiger partial charge in [-0.3, -0.25) is 30.0 Å². The topological polar surface area (TPSA) is 148 Å². The summed E-state index contributed by atoms with van der Waals surface area (Å²) in [4.78, 5) is 19.9. The lowest BCUT2D eigenvalue weighted by Gasteiger charge is -2.23. The summed E-state index contributed by atoms with van der Waals surface area (Å²) in [6, 6.07) is 28.7. The van der Waals surface area contributed by atoms with Gasteiger partial charge in [0, 0.05) is 18.2 Å². The van der Waals surface area contributed by atoms with Gasteiger partial charge in [0.1, 0.15) is 0 Å². The standard InChI is InChI=1S/C27H21N5O6S/c33-31(34)23-15-16-27(26(17-23)32(35)36)39(37,38)29-21-13-11-19(12-14-21)24-18-25(20-7-3-1-4-8-20)30(28-24)22-9-5-2-6-10-22/h1-17,25,29H,18H2. The van der Waals surface area contributed by atoms with E-state index in [0.29, 0.717) is 12.5 Å². The van der Waals surface area contributed by atoms with Gasteiger partial charge in [-0.25, -0.2) is 8.42 Å². The number of anilines is 2. The lowest BCUT2D eigenvalue weighted by molar-refractivity contribution is -0.396. The molecular formula is C27H21N5O6S. The predicted molar refractivity (Wildman–Crippen MR) is 146 cm³/mol. The Kier molecular flexibility index (Phi) is 6.77. The molecule has 0 aromatic heterocycles. The number of non-ortho nitro benzene ring substituents is 1. The molecule has 0 bridgehead atoms. The van der Waals surface area contributed by atoms with Crippen LogP contribution in [-0.4, -0.2) is 24.0 Å². The van der Waals surface area contributed by atoms with Crippen molar-refractivity contribution in [2.45, 2.75) is 17.4 Å². The van der Waals surface area contributed by atoms with Crippen molar-refractivity contribution >= 4 is 38.5 Å². The third-order valence-corrected chi connectivity index (χ3v) is 7.65. The summed E-state index contributed by atoms with van der Waals surface area (Å²) >= 11 is 0. The highest BCUT2D eigenvalue weighted by molar-refractivity contribution is 7.92. The lowest BCUT2D eigenvalue weighted by atomic mass is 9.98. The number of sulfonamides is 1. The number of rotatable bonds is 8. The summed E-state index contributed by atoms with van der Waals surface area (Å²) in [6.07, 6.45) is 0.624. The van der Waals surface area contributed by atoms with Crippen LogP contribution in [0.5, 0.6) is 0 Å². The van der Waals surface area contributed by atoms with Crippen LogP contribution in [0.4, 0.5) is 22.7 Å². The number of benzene rings is 4. The van der Waals surface area contributed by atoms with E-state index >= 15 is 0 Å². The van der Waals surface area contributed by atoms with Crippen molar-refractivity contribution in [2.75, 3.05) is 9.73 Å². The van der Waals surface area contributed by atoms with E-state index in [4.69, 9.17) is 5.10 Å².